The Kier molecular flexibility index (Phi) is 4.04. The third kappa shape index (κ3) is 3.10. The fourth-order valence-corrected chi connectivity index (χ4v) is 1.97. The lowest BCUT2D eigenvalue weighted by molar-refractivity contribution is 0.162. The van der Waals surface area contributed by atoms with Crippen molar-refractivity contribution in [1.82, 2.24) is 10.2 Å². The third-order valence-corrected chi connectivity index (χ3v) is 3.77. The van der Waals surface area contributed by atoms with E-state index in [1.807, 2.05) is 0 Å². The van der Waals surface area contributed by atoms with E-state index in [4.69, 9.17) is 15.4 Å². The Morgan fingerprint density at radius 2 is 1.93 bits per heavy atom. The van der Waals surface area contributed by atoms with Crippen LogP contribution in [0.15, 0.2) is 0 Å². The molecule has 1 fully saturated rings. The second-order valence-corrected chi connectivity index (χ2v) is 5.49. The largest absolute Gasteiger partial charge is 0.393 e. The van der Waals surface area contributed by atoms with Gasteiger partial charge in [-0.1, -0.05) is 0 Å². The second kappa shape index (κ2) is 4.73. The van der Waals surface area contributed by atoms with Crippen molar-refractivity contribution in [2.75, 3.05) is 39.3 Å². The van der Waals surface area contributed by atoms with Gasteiger partial charge in [0, 0.05) is 32.7 Å². The maximum Gasteiger partial charge on any atom is 0.287 e. The van der Waals surface area contributed by atoms with Crippen molar-refractivity contribution in [3.8, 4) is 0 Å². The van der Waals surface area contributed by atoms with E-state index in [9.17, 15) is 8.42 Å². The summed E-state index contributed by atoms with van der Waals surface area (Å²) in [6.45, 7) is 1.92. The molecule has 1 unspecified atom stereocenters. The number of nitrogens with zero attached hydrogens (tertiary/aromatic N) is 1. The molecule has 0 amide bonds. The monoisotopic (exact) mass is 239 g/mol. The Balaban J connectivity index is 2.67. The predicted molar refractivity (Wildman–Crippen MR) is 54.9 cm³/mol. The van der Waals surface area contributed by atoms with Crippen molar-refractivity contribution in [3.63, 3.8) is 0 Å². The molecule has 0 radical (unpaired) electrons. The molecule has 0 aromatic heterocycles. The second-order valence-electron chi connectivity index (χ2n) is 3.72. The topological polar surface area (TPSA) is 116 Å². The number of aliphatic hydroxyl groups is 1. The molecule has 0 bridgehead atoms. The van der Waals surface area contributed by atoms with Gasteiger partial charge < -0.3 is 16.2 Å². The van der Waals surface area contributed by atoms with Crippen molar-refractivity contribution >= 4 is 10.1 Å². The molecule has 1 saturated heterocycles. The first-order valence-corrected chi connectivity index (χ1v) is 6.13. The average Bonchev–Trinajstić information content (AvgIpc) is 2.17. The highest BCUT2D eigenvalue weighted by molar-refractivity contribution is 7.87. The Bertz CT molecular complexity index is 301. The summed E-state index contributed by atoms with van der Waals surface area (Å²) in [5.41, 5.74) is 5.46. The van der Waals surface area contributed by atoms with Crippen LogP contribution in [-0.2, 0) is 10.1 Å². The van der Waals surface area contributed by atoms with E-state index in [2.05, 4.69) is 5.32 Å². The number of piperazine rings is 1. The van der Waals surface area contributed by atoms with Crippen LogP contribution in [0.25, 0.3) is 0 Å². The van der Waals surface area contributed by atoms with Crippen LogP contribution in [0.2, 0.25) is 0 Å². The first kappa shape index (κ1) is 12.8. The summed E-state index contributed by atoms with van der Waals surface area (Å²) in [4.78, 5) is -0.190. The summed E-state index contributed by atoms with van der Waals surface area (Å²) in [5, 5.41) is 12.0. The maximum absolute atomic E-state index is 11.0. The van der Waals surface area contributed by atoms with Gasteiger partial charge in [0.25, 0.3) is 10.1 Å². The summed E-state index contributed by atoms with van der Waals surface area (Å²) in [7, 11) is -4.45. The van der Waals surface area contributed by atoms with Crippen LogP contribution < -0.4 is 11.1 Å². The Morgan fingerprint density at radius 1 is 1.40 bits per heavy atom. The van der Waals surface area contributed by atoms with Crippen LogP contribution in [0.1, 0.15) is 0 Å². The number of nitrogens with one attached hydrogen (secondary N) is 1. The molecule has 1 rings (SSSR count). The quantitative estimate of drug-likeness (QED) is 0.398. The maximum atomic E-state index is 11.0. The van der Waals surface area contributed by atoms with Crippen LogP contribution in [0.5, 0.6) is 0 Å². The molecule has 7 nitrogen and oxygen atoms in total. The highest BCUT2D eigenvalue weighted by Gasteiger charge is 2.40. The van der Waals surface area contributed by atoms with Gasteiger partial charge in [-0.15, -0.1) is 0 Å². The predicted octanol–water partition coefficient (Wildman–Crippen LogP) is -2.57. The SMILES string of the molecule is NC(CO)(CN1CCNCC1)S(=O)(=O)O. The van der Waals surface area contributed by atoms with E-state index in [0.29, 0.717) is 13.1 Å². The van der Waals surface area contributed by atoms with Gasteiger partial charge in [0.1, 0.15) is 0 Å². The number of rotatable bonds is 4. The van der Waals surface area contributed by atoms with E-state index in [1.54, 1.807) is 4.90 Å². The molecule has 8 heteroatoms. The third-order valence-electron chi connectivity index (χ3n) is 2.48. The molecule has 0 aromatic carbocycles. The lowest BCUT2D eigenvalue weighted by atomic mass is 10.2. The van der Waals surface area contributed by atoms with Gasteiger partial charge in [-0.2, -0.15) is 8.42 Å². The molecule has 1 aliphatic heterocycles. The standard InChI is InChI=1S/C7H17N3O4S/c8-7(6-11,15(12,13)14)5-10-3-1-9-2-4-10/h9,11H,1-6,8H2,(H,12,13,14). The molecule has 0 aliphatic carbocycles. The molecule has 1 heterocycles. The minimum absolute atomic E-state index is 0.0655. The van der Waals surface area contributed by atoms with Gasteiger partial charge in [0.2, 0.25) is 0 Å². The zero-order chi connectivity index (χ0) is 11.5. The molecule has 15 heavy (non-hydrogen) atoms. The molecule has 0 spiro atoms. The molecule has 1 atom stereocenters. The number of aliphatic hydroxyl groups excluding tert-OH is 1. The molecule has 90 valence electrons. The summed E-state index contributed by atoms with van der Waals surface area (Å²) in [6.07, 6.45) is 0. The zero-order valence-electron chi connectivity index (χ0n) is 8.39. The van der Waals surface area contributed by atoms with E-state index >= 15 is 0 Å². The normalized spacial score (nSPS) is 23.7. The fourth-order valence-electron chi connectivity index (χ4n) is 1.46. The van der Waals surface area contributed by atoms with E-state index < -0.39 is 21.6 Å². The Hall–Kier alpha value is -0.250. The highest BCUT2D eigenvalue weighted by Crippen LogP contribution is 2.11. The minimum atomic E-state index is -4.45. The molecular weight excluding hydrogens is 222 g/mol. The van der Waals surface area contributed by atoms with E-state index in [0.717, 1.165) is 13.1 Å². The van der Waals surface area contributed by atoms with Crippen LogP contribution in [0, 0.1) is 0 Å². The lowest BCUT2D eigenvalue weighted by Crippen LogP contribution is -2.60. The van der Waals surface area contributed by atoms with Crippen molar-refractivity contribution < 1.29 is 18.1 Å². The van der Waals surface area contributed by atoms with Crippen LogP contribution in [-0.4, -0.2) is 67.2 Å². The molecule has 1 aliphatic rings. The first-order valence-electron chi connectivity index (χ1n) is 4.69. The molecular formula is C7H17N3O4S. The van der Waals surface area contributed by atoms with Gasteiger partial charge in [0.15, 0.2) is 4.87 Å². The van der Waals surface area contributed by atoms with Gasteiger partial charge in [-0.25, -0.2) is 0 Å². The fraction of sp³-hybridized carbons (Fsp3) is 1.00. The van der Waals surface area contributed by atoms with Crippen LogP contribution in [0.4, 0.5) is 0 Å². The zero-order valence-corrected chi connectivity index (χ0v) is 9.20. The van der Waals surface area contributed by atoms with Crippen LogP contribution in [0.3, 0.4) is 0 Å². The summed E-state index contributed by atoms with van der Waals surface area (Å²) in [5.74, 6) is 0. The summed E-state index contributed by atoms with van der Waals surface area (Å²) >= 11 is 0. The minimum Gasteiger partial charge on any atom is -0.393 e. The van der Waals surface area contributed by atoms with Crippen molar-refractivity contribution in [2.24, 2.45) is 5.73 Å². The van der Waals surface area contributed by atoms with E-state index in [-0.39, 0.29) is 6.54 Å². The lowest BCUT2D eigenvalue weighted by Gasteiger charge is -2.33. The highest BCUT2D eigenvalue weighted by atomic mass is 32.2. The Labute approximate surface area is 89.0 Å². The van der Waals surface area contributed by atoms with E-state index in [1.165, 1.54) is 0 Å². The van der Waals surface area contributed by atoms with Gasteiger partial charge >= 0.3 is 0 Å². The number of hydrogen-bond acceptors (Lipinski definition) is 6. The molecule has 0 aromatic rings. The van der Waals surface area contributed by atoms with Crippen molar-refractivity contribution in [2.45, 2.75) is 4.87 Å². The average molecular weight is 239 g/mol. The smallest absolute Gasteiger partial charge is 0.287 e. The van der Waals surface area contributed by atoms with Gasteiger partial charge in [-0.3, -0.25) is 9.45 Å². The number of nitrogens with two attached hydrogens (primary N) is 1. The first-order chi connectivity index (χ1) is 6.89. The molecule has 0 saturated carbocycles. The van der Waals surface area contributed by atoms with Gasteiger partial charge in [0.05, 0.1) is 6.61 Å². The van der Waals surface area contributed by atoms with Crippen molar-refractivity contribution in [1.29, 1.82) is 0 Å². The summed E-state index contributed by atoms with van der Waals surface area (Å²) < 4.78 is 30.9. The Morgan fingerprint density at radius 3 is 2.33 bits per heavy atom. The number of hydrogen-bond donors (Lipinski definition) is 4. The van der Waals surface area contributed by atoms with Gasteiger partial charge in [-0.05, 0) is 0 Å². The van der Waals surface area contributed by atoms with Crippen molar-refractivity contribution in [3.05, 3.63) is 0 Å². The van der Waals surface area contributed by atoms with Crippen LogP contribution >= 0.6 is 0 Å². The molecule has 5 N–H and O–H groups in total. The summed E-state index contributed by atoms with van der Waals surface area (Å²) in [6, 6.07) is 0.